The zero-order valence-electron chi connectivity index (χ0n) is 12.5. The van der Waals surface area contributed by atoms with Crippen molar-refractivity contribution in [2.45, 2.75) is 38.9 Å². The van der Waals surface area contributed by atoms with Gasteiger partial charge in [-0.15, -0.1) is 5.10 Å². The Balaban J connectivity index is 1.57. The molecule has 1 N–H and O–H groups in total. The molecule has 0 radical (unpaired) electrons. The van der Waals surface area contributed by atoms with Gasteiger partial charge < -0.3 is 10.1 Å². The van der Waals surface area contributed by atoms with Crippen molar-refractivity contribution in [1.29, 1.82) is 0 Å². The van der Waals surface area contributed by atoms with Crippen LogP contribution >= 0.6 is 11.5 Å². The summed E-state index contributed by atoms with van der Waals surface area (Å²) in [6.07, 6.45) is 2.59. The number of hydrogen-bond donors (Lipinski definition) is 1. The molecule has 0 aliphatic carbocycles. The van der Waals surface area contributed by atoms with Crippen molar-refractivity contribution in [3.8, 4) is 0 Å². The Morgan fingerprint density at radius 1 is 1.41 bits per heavy atom. The second-order valence-electron chi connectivity index (χ2n) is 5.41. The summed E-state index contributed by atoms with van der Waals surface area (Å²) >= 11 is 1.16. The van der Waals surface area contributed by atoms with Crippen LogP contribution in [0.2, 0.25) is 0 Å². The molecule has 22 heavy (non-hydrogen) atoms. The van der Waals surface area contributed by atoms with Gasteiger partial charge in [0.05, 0.1) is 18.4 Å². The number of benzene rings is 1. The van der Waals surface area contributed by atoms with Gasteiger partial charge in [-0.25, -0.2) is 0 Å². The molecule has 0 unspecified atom stereocenters. The van der Waals surface area contributed by atoms with Gasteiger partial charge in [0.1, 0.15) is 4.88 Å². The van der Waals surface area contributed by atoms with Gasteiger partial charge in [0.2, 0.25) is 0 Å². The third-order valence-electron chi connectivity index (χ3n) is 3.78. The molecule has 1 amide bonds. The van der Waals surface area contributed by atoms with E-state index >= 15 is 0 Å². The van der Waals surface area contributed by atoms with Crippen LogP contribution < -0.4 is 5.32 Å². The van der Waals surface area contributed by atoms with Crippen molar-refractivity contribution in [3.05, 3.63) is 46.0 Å². The maximum absolute atomic E-state index is 12.3. The molecule has 0 bridgehead atoms. The zero-order valence-corrected chi connectivity index (χ0v) is 13.4. The highest BCUT2D eigenvalue weighted by molar-refractivity contribution is 7.08. The van der Waals surface area contributed by atoms with Gasteiger partial charge in [0.25, 0.3) is 5.91 Å². The van der Waals surface area contributed by atoms with E-state index in [1.807, 2.05) is 12.1 Å². The quantitative estimate of drug-likeness (QED) is 0.919. The maximum atomic E-state index is 12.3. The summed E-state index contributed by atoms with van der Waals surface area (Å²) in [4.78, 5) is 12.9. The number of ether oxygens (including phenoxy) is 1. The summed E-state index contributed by atoms with van der Waals surface area (Å²) in [5.41, 5.74) is 3.33. The van der Waals surface area contributed by atoms with Crippen molar-refractivity contribution in [1.82, 2.24) is 14.9 Å². The van der Waals surface area contributed by atoms with Crippen LogP contribution in [-0.2, 0) is 24.2 Å². The van der Waals surface area contributed by atoms with E-state index in [1.54, 1.807) is 0 Å². The van der Waals surface area contributed by atoms with Gasteiger partial charge in [0, 0.05) is 13.0 Å². The summed E-state index contributed by atoms with van der Waals surface area (Å²) < 4.78 is 9.69. The molecule has 2 aromatic rings. The Morgan fingerprint density at radius 3 is 3.05 bits per heavy atom. The number of fused-ring (bicyclic) bond motifs is 1. The van der Waals surface area contributed by atoms with Crippen molar-refractivity contribution in [3.63, 3.8) is 0 Å². The molecule has 3 rings (SSSR count). The normalized spacial score (nSPS) is 17.0. The lowest BCUT2D eigenvalue weighted by Crippen LogP contribution is -2.36. The highest BCUT2D eigenvalue weighted by Crippen LogP contribution is 2.20. The van der Waals surface area contributed by atoms with E-state index in [9.17, 15) is 4.79 Å². The summed E-state index contributed by atoms with van der Waals surface area (Å²) in [5.74, 6) is -0.0964. The average molecular weight is 317 g/mol. The van der Waals surface area contributed by atoms with Gasteiger partial charge in [0.15, 0.2) is 0 Å². The van der Waals surface area contributed by atoms with Crippen LogP contribution in [0.3, 0.4) is 0 Å². The lowest BCUT2D eigenvalue weighted by atomic mass is 9.99. The Hall–Kier alpha value is -1.79. The Labute approximate surface area is 133 Å². The Kier molecular flexibility index (Phi) is 4.80. The molecule has 1 aromatic carbocycles. The van der Waals surface area contributed by atoms with Crippen molar-refractivity contribution in [2.75, 3.05) is 6.54 Å². The molecular formula is C16H19N3O2S. The largest absolute Gasteiger partial charge is 0.371 e. The fourth-order valence-corrected chi connectivity index (χ4v) is 3.23. The molecule has 0 saturated carbocycles. The topological polar surface area (TPSA) is 64.1 Å². The second-order valence-corrected chi connectivity index (χ2v) is 6.17. The van der Waals surface area contributed by atoms with Crippen molar-refractivity contribution in [2.24, 2.45) is 0 Å². The number of carbonyl (C=O) groups is 1. The SMILES string of the molecule is CCCc1nnsc1C(=O)NC[C@@H]1Cc2ccccc2CO1. The summed E-state index contributed by atoms with van der Waals surface area (Å²) in [5, 5.41) is 6.98. The highest BCUT2D eigenvalue weighted by Gasteiger charge is 2.21. The van der Waals surface area contributed by atoms with Gasteiger partial charge in [-0.2, -0.15) is 0 Å². The van der Waals surface area contributed by atoms with Gasteiger partial charge in [-0.3, -0.25) is 4.79 Å². The molecular weight excluding hydrogens is 298 g/mol. The van der Waals surface area contributed by atoms with Crippen LogP contribution in [0.15, 0.2) is 24.3 Å². The first kappa shape index (κ1) is 15.1. The number of nitrogens with one attached hydrogen (secondary N) is 1. The first-order chi connectivity index (χ1) is 10.8. The third-order valence-corrected chi connectivity index (χ3v) is 4.55. The van der Waals surface area contributed by atoms with Crippen LogP contribution in [0, 0.1) is 0 Å². The minimum Gasteiger partial charge on any atom is -0.371 e. The molecule has 1 aromatic heterocycles. The highest BCUT2D eigenvalue weighted by atomic mass is 32.1. The fraction of sp³-hybridized carbons (Fsp3) is 0.438. The number of hydrogen-bond acceptors (Lipinski definition) is 5. The number of carbonyl (C=O) groups excluding carboxylic acids is 1. The van der Waals surface area contributed by atoms with Gasteiger partial charge >= 0.3 is 0 Å². The summed E-state index contributed by atoms with van der Waals surface area (Å²) in [7, 11) is 0. The van der Waals surface area contributed by atoms with E-state index in [-0.39, 0.29) is 12.0 Å². The summed E-state index contributed by atoms with van der Waals surface area (Å²) in [6.45, 7) is 3.19. The molecule has 1 aliphatic rings. The van der Waals surface area contributed by atoms with E-state index in [1.165, 1.54) is 11.1 Å². The van der Waals surface area contributed by atoms with Gasteiger partial charge in [-0.05, 0) is 29.1 Å². The Morgan fingerprint density at radius 2 is 2.23 bits per heavy atom. The fourth-order valence-electron chi connectivity index (χ4n) is 2.61. The number of aromatic nitrogens is 2. The molecule has 0 saturated heterocycles. The third kappa shape index (κ3) is 3.34. The lowest BCUT2D eigenvalue weighted by Gasteiger charge is -2.25. The van der Waals surface area contributed by atoms with E-state index in [0.717, 1.165) is 36.5 Å². The van der Waals surface area contributed by atoms with Crippen molar-refractivity contribution < 1.29 is 9.53 Å². The van der Waals surface area contributed by atoms with E-state index in [0.29, 0.717) is 18.0 Å². The average Bonchev–Trinajstić information content (AvgIpc) is 3.01. The molecule has 1 atom stereocenters. The Bertz CT molecular complexity index is 656. The van der Waals surface area contributed by atoms with Crippen LogP contribution in [0.4, 0.5) is 0 Å². The van der Waals surface area contributed by atoms with Gasteiger partial charge in [-0.1, -0.05) is 42.1 Å². The molecule has 116 valence electrons. The van der Waals surface area contributed by atoms with E-state index in [2.05, 4.69) is 34.0 Å². The van der Waals surface area contributed by atoms with E-state index < -0.39 is 0 Å². The number of rotatable bonds is 5. The maximum Gasteiger partial charge on any atom is 0.265 e. The monoisotopic (exact) mass is 317 g/mol. The number of nitrogens with zero attached hydrogens (tertiary/aromatic N) is 2. The minimum atomic E-state index is -0.0964. The molecule has 0 spiro atoms. The van der Waals surface area contributed by atoms with E-state index in [4.69, 9.17) is 4.74 Å². The van der Waals surface area contributed by atoms with Crippen LogP contribution in [0.1, 0.15) is 39.8 Å². The standard InChI is InChI=1S/C16H19N3O2S/c1-2-5-14-15(22-19-18-14)16(20)17-9-13-8-11-6-3-4-7-12(11)10-21-13/h3-4,6-7,13H,2,5,8-10H2,1H3,(H,17,20)/t13-/m0/s1. The zero-order chi connectivity index (χ0) is 15.4. The first-order valence-electron chi connectivity index (χ1n) is 7.55. The molecule has 1 aliphatic heterocycles. The van der Waals surface area contributed by atoms with Crippen LogP contribution in [0.5, 0.6) is 0 Å². The molecule has 2 heterocycles. The number of amides is 1. The van der Waals surface area contributed by atoms with Crippen LogP contribution in [0.25, 0.3) is 0 Å². The number of aryl methyl sites for hydroxylation is 1. The molecule has 6 heteroatoms. The lowest BCUT2D eigenvalue weighted by molar-refractivity contribution is 0.0285. The van der Waals surface area contributed by atoms with Crippen LogP contribution in [-0.4, -0.2) is 28.1 Å². The molecule has 5 nitrogen and oxygen atoms in total. The molecule has 0 fully saturated rings. The first-order valence-corrected chi connectivity index (χ1v) is 8.33. The second kappa shape index (κ2) is 6.98. The predicted octanol–water partition coefficient (Wildman–Crippen LogP) is 2.36. The van der Waals surface area contributed by atoms with Crippen molar-refractivity contribution >= 4 is 17.4 Å². The minimum absolute atomic E-state index is 0.0226. The summed E-state index contributed by atoms with van der Waals surface area (Å²) in [6, 6.07) is 8.28. The smallest absolute Gasteiger partial charge is 0.265 e. The predicted molar refractivity (Wildman–Crippen MR) is 85.0 cm³/mol.